The third-order valence-corrected chi connectivity index (χ3v) is 6.34. The van der Waals surface area contributed by atoms with Gasteiger partial charge >= 0.3 is 12.1 Å². The molecule has 2 N–H and O–H groups in total. The van der Waals surface area contributed by atoms with E-state index in [0.717, 1.165) is 4.68 Å². The van der Waals surface area contributed by atoms with Crippen LogP contribution in [0.15, 0.2) is 24.5 Å². The minimum atomic E-state index is -5.70. The van der Waals surface area contributed by atoms with E-state index in [-0.39, 0.29) is 40.5 Å². The number of hydrogen-bond donors (Lipinski definition) is 1. The van der Waals surface area contributed by atoms with Gasteiger partial charge in [0.25, 0.3) is 0 Å². The van der Waals surface area contributed by atoms with Crippen molar-refractivity contribution in [3.05, 3.63) is 30.1 Å². The van der Waals surface area contributed by atoms with Crippen LogP contribution in [-0.2, 0) is 23.3 Å². The van der Waals surface area contributed by atoms with Crippen LogP contribution >= 0.6 is 0 Å². The molecule has 5 rings (SSSR count). The Morgan fingerprint density at radius 3 is 2.53 bits per heavy atom. The van der Waals surface area contributed by atoms with Crippen molar-refractivity contribution >= 4 is 34.4 Å². The van der Waals surface area contributed by atoms with Crippen molar-refractivity contribution in [2.75, 3.05) is 10.6 Å². The summed E-state index contributed by atoms with van der Waals surface area (Å²) in [6, 6.07) is 3.09. The van der Waals surface area contributed by atoms with Gasteiger partial charge in [0.2, 0.25) is 5.91 Å². The van der Waals surface area contributed by atoms with Gasteiger partial charge < -0.3 is 5.73 Å². The molecule has 0 spiro atoms. The second-order valence-corrected chi connectivity index (χ2v) is 9.23. The molecule has 0 aliphatic carbocycles. The monoisotopic (exact) mass is 536 g/mol. The van der Waals surface area contributed by atoms with E-state index in [2.05, 4.69) is 30.4 Å². The third-order valence-electron chi connectivity index (χ3n) is 6.34. The number of pyridine rings is 1. The lowest BCUT2D eigenvalue weighted by Gasteiger charge is -2.19. The molecule has 0 atom stereocenters. The second-order valence-electron chi connectivity index (χ2n) is 9.23. The molecule has 0 saturated heterocycles. The molecule has 11 nitrogen and oxygen atoms in total. The quantitative estimate of drug-likeness (QED) is 0.370. The molecule has 1 aliphatic heterocycles. The fraction of sp³-hybridized carbons (Fsp3) is 0.409. The van der Waals surface area contributed by atoms with Crippen LogP contribution in [0.25, 0.3) is 22.6 Å². The highest BCUT2D eigenvalue weighted by Crippen LogP contribution is 2.47. The molecule has 0 radical (unpaired) electrons. The van der Waals surface area contributed by atoms with Gasteiger partial charge in [0.1, 0.15) is 11.5 Å². The number of nitrogen functional groups attached to an aromatic ring is 1. The Labute approximate surface area is 211 Å². The molecule has 1 amide bonds. The second kappa shape index (κ2) is 8.39. The van der Waals surface area contributed by atoms with Crippen LogP contribution in [0.5, 0.6) is 0 Å². The molecule has 0 unspecified atom stereocenters. The van der Waals surface area contributed by atoms with Crippen molar-refractivity contribution in [2.24, 2.45) is 0 Å². The largest absolute Gasteiger partial charge is 0.453 e. The number of amides is 1. The number of rotatable bonds is 6. The van der Waals surface area contributed by atoms with Crippen LogP contribution in [0, 0.1) is 0 Å². The Morgan fingerprint density at radius 1 is 1.13 bits per heavy atom. The van der Waals surface area contributed by atoms with E-state index in [1.165, 1.54) is 15.8 Å². The zero-order valence-electron chi connectivity index (χ0n) is 20.3. The molecule has 1 aliphatic rings. The van der Waals surface area contributed by atoms with Crippen LogP contribution in [0.3, 0.4) is 0 Å². The molecule has 200 valence electrons. The van der Waals surface area contributed by atoms with Gasteiger partial charge in [0, 0.05) is 25.7 Å². The fourth-order valence-corrected chi connectivity index (χ4v) is 4.29. The maximum absolute atomic E-state index is 13.6. The predicted octanol–water partition coefficient (Wildman–Crippen LogP) is 3.63. The summed E-state index contributed by atoms with van der Waals surface area (Å²) in [6.45, 7) is 4.89. The summed E-state index contributed by atoms with van der Waals surface area (Å²) in [5, 5.41) is 12.6. The fourth-order valence-electron chi connectivity index (χ4n) is 4.29. The first-order valence-electron chi connectivity index (χ1n) is 11.5. The highest BCUT2D eigenvalue weighted by molar-refractivity contribution is 6.12. The molecule has 4 aromatic heterocycles. The maximum atomic E-state index is 13.6. The number of alkyl halides is 5. The van der Waals surface area contributed by atoms with Crippen molar-refractivity contribution in [1.29, 1.82) is 0 Å². The summed E-state index contributed by atoms with van der Waals surface area (Å²) in [5.74, 6) is -5.04. The minimum Gasteiger partial charge on any atom is -0.383 e. The average molecular weight is 536 g/mol. The van der Waals surface area contributed by atoms with E-state index >= 15 is 0 Å². The van der Waals surface area contributed by atoms with Crippen molar-refractivity contribution in [1.82, 2.24) is 39.7 Å². The summed E-state index contributed by atoms with van der Waals surface area (Å²) >= 11 is 0. The van der Waals surface area contributed by atoms with E-state index in [1.54, 1.807) is 32.2 Å². The lowest BCUT2D eigenvalue weighted by molar-refractivity contribution is -0.285. The third kappa shape index (κ3) is 3.81. The van der Waals surface area contributed by atoms with Gasteiger partial charge in [-0.3, -0.25) is 9.48 Å². The van der Waals surface area contributed by atoms with Crippen LogP contribution in [0.1, 0.15) is 32.8 Å². The van der Waals surface area contributed by atoms with E-state index in [0.29, 0.717) is 17.5 Å². The molecular formula is C22H21F5N10O. The number of hydrogen-bond acceptors (Lipinski definition) is 8. The summed E-state index contributed by atoms with van der Waals surface area (Å²) in [6.07, 6.45) is -4.33. The van der Waals surface area contributed by atoms with Crippen molar-refractivity contribution < 1.29 is 26.7 Å². The maximum Gasteiger partial charge on any atom is 0.453 e. The molecule has 0 bridgehead atoms. The van der Waals surface area contributed by atoms with Crippen LogP contribution in [0.4, 0.5) is 39.4 Å². The molecule has 16 heteroatoms. The predicted molar refractivity (Wildman–Crippen MR) is 124 cm³/mol. The number of nitrogens with two attached hydrogens (primary N) is 1. The molecular weight excluding hydrogens is 515 g/mol. The normalized spacial score (nSPS) is 15.5. The van der Waals surface area contributed by atoms with Crippen molar-refractivity contribution in [3.8, 4) is 11.5 Å². The average Bonchev–Trinajstić information content (AvgIpc) is 3.51. The van der Waals surface area contributed by atoms with Crippen LogP contribution in [-0.4, -0.2) is 57.7 Å². The van der Waals surface area contributed by atoms with Gasteiger partial charge in [-0.05, 0) is 32.9 Å². The Morgan fingerprint density at radius 2 is 1.87 bits per heavy atom. The van der Waals surface area contributed by atoms with Gasteiger partial charge in [0.15, 0.2) is 23.1 Å². The van der Waals surface area contributed by atoms with E-state index in [1.807, 2.05) is 6.92 Å². The number of carbonyl (C=O) groups excluding carboxylic acids is 1. The zero-order chi connectivity index (χ0) is 27.6. The number of aryl methyl sites for hydroxylation is 2. The number of aromatic nitrogens is 8. The molecule has 38 heavy (non-hydrogen) atoms. The van der Waals surface area contributed by atoms with E-state index in [4.69, 9.17) is 5.73 Å². The van der Waals surface area contributed by atoms with Gasteiger partial charge in [-0.15, -0.1) is 5.10 Å². The zero-order valence-corrected chi connectivity index (χ0v) is 20.3. The van der Waals surface area contributed by atoms with Crippen LogP contribution in [0.2, 0.25) is 0 Å². The van der Waals surface area contributed by atoms with E-state index in [9.17, 15) is 26.7 Å². The topological polar surface area (TPSA) is 134 Å². The highest BCUT2D eigenvalue weighted by Gasteiger charge is 2.57. The smallest absolute Gasteiger partial charge is 0.383 e. The number of fused-ring (bicyclic) bond motifs is 2. The van der Waals surface area contributed by atoms with Gasteiger partial charge in [-0.25, -0.2) is 24.5 Å². The minimum absolute atomic E-state index is 0.0241. The molecule has 4 aromatic rings. The summed E-state index contributed by atoms with van der Waals surface area (Å²) in [5.41, 5.74) is 5.63. The number of carbonyl (C=O) groups is 1. The summed E-state index contributed by atoms with van der Waals surface area (Å²) < 4.78 is 67.8. The standard InChI is InChI=1S/C22H21F5N10O/c1-4-35-10-12(32-34-35)37-18-13(20(2,3)19(37)38)15(28)30-16(31-18)14-11-6-5-8-29-17(11)36(33-14)9-7-21(23,24)22(25,26)27/h5-6,8,10H,4,7,9H2,1-3H3,(H2,28,30,31). The van der Waals surface area contributed by atoms with Crippen molar-refractivity contribution in [3.63, 3.8) is 0 Å². The Bertz CT molecular complexity index is 1560. The Hall–Kier alpha value is -4.24. The molecule has 0 aromatic carbocycles. The van der Waals surface area contributed by atoms with E-state index < -0.39 is 30.5 Å². The number of anilines is 3. The molecule has 5 heterocycles. The lowest BCUT2D eigenvalue weighted by Crippen LogP contribution is -2.37. The van der Waals surface area contributed by atoms with Gasteiger partial charge in [0.05, 0.1) is 22.6 Å². The van der Waals surface area contributed by atoms with Crippen LogP contribution < -0.4 is 10.6 Å². The Balaban J connectivity index is 1.63. The highest BCUT2D eigenvalue weighted by atomic mass is 19.4. The SMILES string of the molecule is CCn1cc(N2C(=O)C(C)(C)c3c(N)nc(-c4nn(CCC(F)(F)C(F)(F)F)c5ncccc45)nc32)nn1. The summed E-state index contributed by atoms with van der Waals surface area (Å²) in [7, 11) is 0. The van der Waals surface area contributed by atoms with Crippen molar-refractivity contribution in [2.45, 2.75) is 57.8 Å². The Kier molecular flexibility index (Phi) is 5.61. The number of halogens is 5. The number of nitrogens with zero attached hydrogens (tertiary/aromatic N) is 9. The first-order valence-corrected chi connectivity index (χ1v) is 11.5. The lowest BCUT2D eigenvalue weighted by atomic mass is 9.87. The first-order chi connectivity index (χ1) is 17.8. The van der Waals surface area contributed by atoms with Gasteiger partial charge in [-0.2, -0.15) is 27.1 Å². The summed E-state index contributed by atoms with van der Waals surface area (Å²) in [4.78, 5) is 27.6. The molecule has 0 fully saturated rings. The van der Waals surface area contributed by atoms with Gasteiger partial charge in [-0.1, -0.05) is 5.21 Å². The molecule has 0 saturated carbocycles. The first kappa shape index (κ1) is 25.4.